The van der Waals surface area contributed by atoms with Crippen LogP contribution in [0.5, 0.6) is 0 Å². The number of hydrogen-bond donors (Lipinski definition) is 1. The molecular formula is C16H30IN7O2S. The summed E-state index contributed by atoms with van der Waals surface area (Å²) in [5.74, 6) is 1.64. The molecule has 0 saturated carbocycles. The van der Waals surface area contributed by atoms with E-state index in [1.165, 1.54) is 11.5 Å². The highest BCUT2D eigenvalue weighted by atomic mass is 127. The fourth-order valence-corrected chi connectivity index (χ4v) is 3.24. The van der Waals surface area contributed by atoms with E-state index in [0.717, 1.165) is 49.5 Å². The number of aromatic nitrogens is 2. The molecular weight excluding hydrogens is 481 g/mol. The normalized spacial score (nSPS) is 14.7. The number of piperazine rings is 1. The minimum absolute atomic E-state index is 0. The van der Waals surface area contributed by atoms with Crippen LogP contribution in [0.2, 0.25) is 0 Å². The van der Waals surface area contributed by atoms with E-state index < -0.39 is 0 Å². The molecule has 1 N–H and O–H groups in total. The van der Waals surface area contributed by atoms with Crippen LogP contribution in [-0.2, 0) is 16.0 Å². The maximum atomic E-state index is 11.9. The van der Waals surface area contributed by atoms with Crippen molar-refractivity contribution in [2.45, 2.75) is 13.3 Å². The minimum atomic E-state index is -0.0179. The van der Waals surface area contributed by atoms with Crippen LogP contribution in [0, 0.1) is 0 Å². The first-order valence-electron chi connectivity index (χ1n) is 8.85. The molecule has 2 heterocycles. The maximum absolute atomic E-state index is 11.9. The second kappa shape index (κ2) is 12.3. The molecule has 1 amide bonds. The van der Waals surface area contributed by atoms with E-state index >= 15 is 0 Å². The Balaban J connectivity index is 0.00000364. The molecule has 1 saturated heterocycles. The average Bonchev–Trinajstić information content (AvgIpc) is 3.13. The third-order valence-electron chi connectivity index (χ3n) is 4.08. The molecule has 1 aliphatic rings. The number of hydrogen-bond acceptors (Lipinski definition) is 7. The number of halogens is 1. The van der Waals surface area contributed by atoms with Crippen molar-refractivity contribution in [1.82, 2.24) is 24.5 Å². The zero-order valence-corrected chi connectivity index (χ0v) is 19.6. The summed E-state index contributed by atoms with van der Waals surface area (Å²) in [6, 6.07) is 0. The van der Waals surface area contributed by atoms with E-state index in [0.29, 0.717) is 13.2 Å². The highest BCUT2D eigenvalue weighted by Gasteiger charge is 2.22. The first-order valence-corrected chi connectivity index (χ1v) is 9.62. The Morgan fingerprint density at radius 1 is 1.33 bits per heavy atom. The lowest BCUT2D eigenvalue weighted by Crippen LogP contribution is -2.53. The first kappa shape index (κ1) is 23.8. The molecule has 1 aromatic rings. The van der Waals surface area contributed by atoms with Gasteiger partial charge >= 0.3 is 0 Å². The van der Waals surface area contributed by atoms with E-state index in [1.54, 1.807) is 26.1 Å². The van der Waals surface area contributed by atoms with Crippen LogP contribution in [0.4, 0.5) is 5.13 Å². The van der Waals surface area contributed by atoms with E-state index in [1.807, 2.05) is 0 Å². The standard InChI is InChI=1S/C16H29N7O2S.HI/c1-5-13-19-16(26-20-13)23-9-7-22(8-10-23)15(17-6-11-25-4)18-12-14(24)21(2)3;/h5-12H2,1-4H3,(H,17,18);1H. The van der Waals surface area contributed by atoms with Crippen molar-refractivity contribution in [1.29, 1.82) is 0 Å². The summed E-state index contributed by atoms with van der Waals surface area (Å²) in [6.07, 6.45) is 0.858. The molecule has 154 valence electrons. The number of aliphatic imine (C=N–C) groups is 1. The second-order valence-corrected chi connectivity index (χ2v) is 6.90. The predicted octanol–water partition coefficient (Wildman–Crippen LogP) is 0.521. The number of carbonyl (C=O) groups excluding carboxylic acids is 1. The van der Waals surface area contributed by atoms with Crippen LogP contribution in [-0.4, -0.2) is 98.1 Å². The minimum Gasteiger partial charge on any atom is -0.383 e. The van der Waals surface area contributed by atoms with Crippen molar-refractivity contribution in [3.63, 3.8) is 0 Å². The highest BCUT2D eigenvalue weighted by molar-refractivity contribution is 14.0. The van der Waals surface area contributed by atoms with Gasteiger partial charge in [-0.15, -0.1) is 24.0 Å². The third-order valence-corrected chi connectivity index (χ3v) is 4.89. The fraction of sp³-hybridized carbons (Fsp3) is 0.750. The van der Waals surface area contributed by atoms with E-state index in [-0.39, 0.29) is 36.4 Å². The van der Waals surface area contributed by atoms with Gasteiger partial charge in [0.25, 0.3) is 0 Å². The molecule has 0 radical (unpaired) electrons. The van der Waals surface area contributed by atoms with Crippen LogP contribution in [0.15, 0.2) is 4.99 Å². The summed E-state index contributed by atoms with van der Waals surface area (Å²) in [5.41, 5.74) is 0. The van der Waals surface area contributed by atoms with Crippen molar-refractivity contribution in [2.24, 2.45) is 4.99 Å². The molecule has 11 heteroatoms. The van der Waals surface area contributed by atoms with Gasteiger partial charge in [-0.05, 0) is 0 Å². The van der Waals surface area contributed by atoms with Gasteiger partial charge in [0, 0.05) is 71.9 Å². The van der Waals surface area contributed by atoms with Crippen LogP contribution in [0.1, 0.15) is 12.7 Å². The number of rotatable bonds is 7. The first-order chi connectivity index (χ1) is 12.5. The lowest BCUT2D eigenvalue weighted by Gasteiger charge is -2.36. The van der Waals surface area contributed by atoms with E-state index in [9.17, 15) is 4.79 Å². The van der Waals surface area contributed by atoms with Gasteiger partial charge in [-0.1, -0.05) is 6.92 Å². The molecule has 0 aliphatic carbocycles. The topological polar surface area (TPSA) is 86.2 Å². The molecule has 1 aliphatic heterocycles. The second-order valence-electron chi connectivity index (χ2n) is 6.17. The quantitative estimate of drug-likeness (QED) is 0.247. The van der Waals surface area contributed by atoms with Crippen molar-refractivity contribution < 1.29 is 9.53 Å². The molecule has 0 bridgehead atoms. The van der Waals surface area contributed by atoms with Gasteiger partial charge in [-0.25, -0.2) is 9.98 Å². The van der Waals surface area contributed by atoms with Gasteiger partial charge in [0.05, 0.1) is 6.61 Å². The number of nitrogens with one attached hydrogen (secondary N) is 1. The third kappa shape index (κ3) is 7.37. The Morgan fingerprint density at radius 2 is 2.04 bits per heavy atom. The molecule has 1 fully saturated rings. The van der Waals surface area contributed by atoms with Gasteiger partial charge < -0.3 is 24.8 Å². The Morgan fingerprint density at radius 3 is 2.59 bits per heavy atom. The number of ether oxygens (including phenoxy) is 1. The Hall–Kier alpha value is -1.21. The molecule has 0 unspecified atom stereocenters. The SMILES string of the molecule is CCc1nsc(N2CCN(C(=NCC(=O)N(C)C)NCCOC)CC2)n1.I. The van der Waals surface area contributed by atoms with Crippen molar-refractivity contribution in [3.05, 3.63) is 5.82 Å². The molecule has 27 heavy (non-hydrogen) atoms. The van der Waals surface area contributed by atoms with Crippen molar-refractivity contribution in [3.8, 4) is 0 Å². The van der Waals surface area contributed by atoms with Crippen LogP contribution in [0.25, 0.3) is 0 Å². The molecule has 0 atom stereocenters. The summed E-state index contributed by atoms with van der Waals surface area (Å²) >= 11 is 1.46. The van der Waals surface area contributed by atoms with Gasteiger partial charge in [-0.3, -0.25) is 4.79 Å². The van der Waals surface area contributed by atoms with E-state index in [4.69, 9.17) is 4.74 Å². The van der Waals surface area contributed by atoms with Gasteiger partial charge in [-0.2, -0.15) is 4.37 Å². The number of amides is 1. The lowest BCUT2D eigenvalue weighted by molar-refractivity contribution is -0.127. The smallest absolute Gasteiger partial charge is 0.243 e. The number of methoxy groups -OCH3 is 1. The summed E-state index contributed by atoms with van der Waals surface area (Å²) in [6.45, 7) is 6.78. The zero-order chi connectivity index (χ0) is 18.9. The maximum Gasteiger partial charge on any atom is 0.243 e. The Kier molecular flexibility index (Phi) is 10.8. The summed E-state index contributed by atoms with van der Waals surface area (Å²) in [5, 5.41) is 4.27. The Bertz CT molecular complexity index is 603. The largest absolute Gasteiger partial charge is 0.383 e. The predicted molar refractivity (Wildman–Crippen MR) is 119 cm³/mol. The highest BCUT2D eigenvalue weighted by Crippen LogP contribution is 2.19. The van der Waals surface area contributed by atoms with Crippen LogP contribution >= 0.6 is 35.5 Å². The lowest BCUT2D eigenvalue weighted by atomic mass is 10.3. The Labute approximate surface area is 182 Å². The van der Waals surface area contributed by atoms with Crippen molar-refractivity contribution in [2.75, 3.05) is 72.0 Å². The van der Waals surface area contributed by atoms with Gasteiger partial charge in [0.15, 0.2) is 5.96 Å². The van der Waals surface area contributed by atoms with Gasteiger partial charge in [0.2, 0.25) is 11.0 Å². The number of nitrogens with zero attached hydrogens (tertiary/aromatic N) is 6. The molecule has 0 aromatic carbocycles. The number of anilines is 1. The number of likely N-dealkylation sites (N-methyl/N-ethyl adjacent to an activating group) is 1. The van der Waals surface area contributed by atoms with Crippen LogP contribution in [0.3, 0.4) is 0 Å². The molecule has 1 aromatic heterocycles. The number of carbonyl (C=O) groups is 1. The molecule has 2 rings (SSSR count). The average molecular weight is 511 g/mol. The summed E-state index contributed by atoms with van der Waals surface area (Å²) in [7, 11) is 5.14. The van der Waals surface area contributed by atoms with E-state index in [2.05, 4.69) is 36.4 Å². The zero-order valence-electron chi connectivity index (χ0n) is 16.5. The number of aryl methyl sites for hydroxylation is 1. The summed E-state index contributed by atoms with van der Waals surface area (Å²) in [4.78, 5) is 26.9. The monoisotopic (exact) mass is 511 g/mol. The van der Waals surface area contributed by atoms with Gasteiger partial charge in [0.1, 0.15) is 12.4 Å². The summed E-state index contributed by atoms with van der Waals surface area (Å²) < 4.78 is 9.46. The van der Waals surface area contributed by atoms with Crippen LogP contribution < -0.4 is 10.2 Å². The fourth-order valence-electron chi connectivity index (χ4n) is 2.44. The number of guanidine groups is 1. The molecule has 9 nitrogen and oxygen atoms in total. The molecule has 0 spiro atoms. The van der Waals surface area contributed by atoms with Crippen molar-refractivity contribution >= 4 is 52.5 Å².